The molecule has 0 aliphatic carbocycles. The molecule has 1 rings (SSSR count). The van der Waals surface area contributed by atoms with Crippen LogP contribution in [0.5, 0.6) is 5.75 Å². The van der Waals surface area contributed by atoms with Crippen molar-refractivity contribution in [2.45, 2.75) is 13.0 Å². The van der Waals surface area contributed by atoms with Gasteiger partial charge in [-0.05, 0) is 24.6 Å². The van der Waals surface area contributed by atoms with Gasteiger partial charge in [-0.1, -0.05) is 18.7 Å². The van der Waals surface area contributed by atoms with Gasteiger partial charge in [-0.3, -0.25) is 0 Å². The highest BCUT2D eigenvalue weighted by Gasteiger charge is 2.14. The van der Waals surface area contributed by atoms with Gasteiger partial charge in [-0.25, -0.2) is 4.79 Å². The molecule has 0 saturated carbocycles. The number of carbonyl (C=O) groups excluding carboxylic acids is 1. The molecular weight excluding hydrogens is 220 g/mol. The van der Waals surface area contributed by atoms with Gasteiger partial charge in [0.2, 0.25) is 0 Å². The van der Waals surface area contributed by atoms with Crippen molar-refractivity contribution in [3.8, 4) is 5.75 Å². The summed E-state index contributed by atoms with van der Waals surface area (Å²) >= 11 is 0. The van der Waals surface area contributed by atoms with Gasteiger partial charge < -0.3 is 14.6 Å². The highest BCUT2D eigenvalue weighted by Crippen LogP contribution is 2.20. The molecule has 4 nitrogen and oxygen atoms in total. The molecule has 0 aliphatic rings. The fourth-order valence-electron chi connectivity index (χ4n) is 1.22. The maximum atomic E-state index is 11.6. The summed E-state index contributed by atoms with van der Waals surface area (Å²) in [6.07, 6.45) is -0.537. The second-order valence-electron chi connectivity index (χ2n) is 3.61. The number of carbonyl (C=O) groups is 1. The van der Waals surface area contributed by atoms with Crippen LogP contribution in [0.3, 0.4) is 0 Å². The summed E-state index contributed by atoms with van der Waals surface area (Å²) in [4.78, 5) is 11.6. The second kappa shape index (κ2) is 6.06. The van der Waals surface area contributed by atoms with Crippen LogP contribution in [0.1, 0.15) is 12.5 Å². The SMILES string of the molecule is C=C(C(=O)OC(C)CO)c1cccc(OC)c1. The highest BCUT2D eigenvalue weighted by molar-refractivity contribution is 6.15. The number of hydrogen-bond acceptors (Lipinski definition) is 4. The van der Waals surface area contributed by atoms with Crippen molar-refractivity contribution in [2.75, 3.05) is 13.7 Å². The van der Waals surface area contributed by atoms with Gasteiger partial charge >= 0.3 is 5.97 Å². The molecule has 0 fully saturated rings. The van der Waals surface area contributed by atoms with Crippen molar-refractivity contribution >= 4 is 11.5 Å². The smallest absolute Gasteiger partial charge is 0.338 e. The molecule has 0 spiro atoms. The number of aliphatic hydroxyl groups is 1. The first-order valence-corrected chi connectivity index (χ1v) is 5.23. The van der Waals surface area contributed by atoms with E-state index in [2.05, 4.69) is 6.58 Å². The Hall–Kier alpha value is -1.81. The van der Waals surface area contributed by atoms with Gasteiger partial charge in [0.1, 0.15) is 11.9 Å². The topological polar surface area (TPSA) is 55.8 Å². The zero-order valence-electron chi connectivity index (χ0n) is 9.97. The summed E-state index contributed by atoms with van der Waals surface area (Å²) in [5, 5.41) is 8.79. The zero-order valence-corrected chi connectivity index (χ0v) is 9.97. The minimum absolute atomic E-state index is 0.211. The summed E-state index contributed by atoms with van der Waals surface area (Å²) in [6, 6.07) is 6.99. The van der Waals surface area contributed by atoms with Crippen LogP contribution in [0.15, 0.2) is 30.8 Å². The Morgan fingerprint density at radius 1 is 1.53 bits per heavy atom. The quantitative estimate of drug-likeness (QED) is 0.623. The molecule has 1 aromatic rings. The Labute approximate surface area is 100 Å². The van der Waals surface area contributed by atoms with E-state index < -0.39 is 12.1 Å². The number of aliphatic hydroxyl groups excluding tert-OH is 1. The van der Waals surface area contributed by atoms with Crippen molar-refractivity contribution in [1.82, 2.24) is 0 Å². The lowest BCUT2D eigenvalue weighted by atomic mass is 10.1. The average Bonchev–Trinajstić information content (AvgIpc) is 2.37. The van der Waals surface area contributed by atoms with E-state index in [0.29, 0.717) is 11.3 Å². The molecule has 1 N–H and O–H groups in total. The van der Waals surface area contributed by atoms with Crippen LogP contribution in [0.2, 0.25) is 0 Å². The number of hydrogen-bond donors (Lipinski definition) is 1. The third-order valence-electron chi connectivity index (χ3n) is 2.23. The van der Waals surface area contributed by atoms with Crippen LogP contribution in [0, 0.1) is 0 Å². The summed E-state index contributed by atoms with van der Waals surface area (Å²) in [6.45, 7) is 5.07. The van der Waals surface area contributed by atoms with E-state index in [0.717, 1.165) is 0 Å². The van der Waals surface area contributed by atoms with Crippen molar-refractivity contribution in [1.29, 1.82) is 0 Å². The van der Waals surface area contributed by atoms with Crippen LogP contribution in [0.4, 0.5) is 0 Å². The Morgan fingerprint density at radius 2 is 2.24 bits per heavy atom. The first-order chi connectivity index (χ1) is 8.08. The molecule has 4 heteroatoms. The minimum atomic E-state index is -0.542. The van der Waals surface area contributed by atoms with E-state index in [9.17, 15) is 4.79 Å². The molecule has 1 atom stereocenters. The highest BCUT2D eigenvalue weighted by atomic mass is 16.5. The minimum Gasteiger partial charge on any atom is -0.497 e. The van der Waals surface area contributed by atoms with Crippen molar-refractivity contribution in [3.05, 3.63) is 36.4 Å². The molecule has 0 bridgehead atoms. The first-order valence-electron chi connectivity index (χ1n) is 5.23. The molecule has 1 aromatic carbocycles. The first kappa shape index (κ1) is 13.3. The number of methoxy groups -OCH3 is 1. The van der Waals surface area contributed by atoms with Crippen molar-refractivity contribution in [2.24, 2.45) is 0 Å². The summed E-state index contributed by atoms with van der Waals surface area (Å²) in [5.74, 6) is 0.103. The van der Waals surface area contributed by atoms with E-state index in [-0.39, 0.29) is 12.2 Å². The molecule has 92 valence electrons. The van der Waals surface area contributed by atoms with Gasteiger partial charge in [0.15, 0.2) is 0 Å². The van der Waals surface area contributed by atoms with Gasteiger partial charge in [0.05, 0.1) is 19.3 Å². The Kier molecular flexibility index (Phi) is 4.72. The maximum absolute atomic E-state index is 11.6. The van der Waals surface area contributed by atoms with E-state index >= 15 is 0 Å². The fraction of sp³-hybridized carbons (Fsp3) is 0.308. The van der Waals surface area contributed by atoms with Gasteiger partial charge in [-0.2, -0.15) is 0 Å². The monoisotopic (exact) mass is 236 g/mol. The van der Waals surface area contributed by atoms with E-state index in [1.54, 1.807) is 38.3 Å². The molecule has 0 aromatic heterocycles. The van der Waals surface area contributed by atoms with E-state index in [1.165, 1.54) is 0 Å². The fourth-order valence-corrected chi connectivity index (χ4v) is 1.22. The second-order valence-corrected chi connectivity index (χ2v) is 3.61. The lowest BCUT2D eigenvalue weighted by Crippen LogP contribution is -2.18. The molecule has 0 radical (unpaired) electrons. The predicted octanol–water partition coefficient (Wildman–Crippen LogP) is 1.63. The third kappa shape index (κ3) is 3.60. The molecular formula is C13H16O4. The molecule has 17 heavy (non-hydrogen) atoms. The van der Waals surface area contributed by atoms with Gasteiger partial charge in [-0.15, -0.1) is 0 Å². The normalized spacial score (nSPS) is 11.7. The molecule has 0 heterocycles. The van der Waals surface area contributed by atoms with Crippen LogP contribution in [-0.4, -0.2) is 30.9 Å². The summed E-state index contributed by atoms with van der Waals surface area (Å²) in [7, 11) is 1.55. The largest absolute Gasteiger partial charge is 0.497 e. The Balaban J connectivity index is 2.78. The molecule has 0 saturated heterocycles. The Morgan fingerprint density at radius 3 is 2.82 bits per heavy atom. The van der Waals surface area contributed by atoms with Crippen molar-refractivity contribution < 1.29 is 19.4 Å². The van der Waals surface area contributed by atoms with E-state index in [4.69, 9.17) is 14.6 Å². The summed E-state index contributed by atoms with van der Waals surface area (Å²) in [5.41, 5.74) is 0.878. The number of rotatable bonds is 5. The number of ether oxygens (including phenoxy) is 2. The molecule has 0 amide bonds. The average molecular weight is 236 g/mol. The standard InChI is InChI=1S/C13H16O4/c1-9(8-14)17-13(15)10(2)11-5-4-6-12(7-11)16-3/h4-7,9,14H,2,8H2,1,3H3. The lowest BCUT2D eigenvalue weighted by Gasteiger charge is -2.12. The third-order valence-corrected chi connectivity index (χ3v) is 2.23. The number of esters is 1. The van der Waals surface area contributed by atoms with Crippen LogP contribution >= 0.6 is 0 Å². The van der Waals surface area contributed by atoms with Crippen LogP contribution in [0.25, 0.3) is 5.57 Å². The molecule has 1 unspecified atom stereocenters. The van der Waals surface area contributed by atoms with Gasteiger partial charge in [0.25, 0.3) is 0 Å². The van der Waals surface area contributed by atoms with E-state index in [1.807, 2.05) is 0 Å². The lowest BCUT2D eigenvalue weighted by molar-refractivity contribution is -0.142. The van der Waals surface area contributed by atoms with Crippen LogP contribution in [-0.2, 0) is 9.53 Å². The number of benzene rings is 1. The maximum Gasteiger partial charge on any atom is 0.338 e. The zero-order chi connectivity index (χ0) is 12.8. The van der Waals surface area contributed by atoms with Crippen molar-refractivity contribution in [3.63, 3.8) is 0 Å². The van der Waals surface area contributed by atoms with Crippen LogP contribution < -0.4 is 4.74 Å². The molecule has 0 aliphatic heterocycles. The van der Waals surface area contributed by atoms with Gasteiger partial charge in [0, 0.05) is 0 Å². The Bertz CT molecular complexity index is 412. The summed E-state index contributed by atoms with van der Waals surface area (Å²) < 4.78 is 10.0. The predicted molar refractivity (Wildman–Crippen MR) is 64.7 cm³/mol.